The second kappa shape index (κ2) is 4.07. The van der Waals surface area contributed by atoms with E-state index in [1.807, 2.05) is 18.4 Å². The molecule has 0 fully saturated rings. The van der Waals surface area contributed by atoms with Crippen LogP contribution in [0.4, 0.5) is 0 Å². The molecule has 0 aliphatic rings. The van der Waals surface area contributed by atoms with Crippen molar-refractivity contribution in [2.75, 3.05) is 6.54 Å². The van der Waals surface area contributed by atoms with E-state index in [4.69, 9.17) is 0 Å². The highest BCUT2D eigenvalue weighted by atomic mass is 32.1. The van der Waals surface area contributed by atoms with E-state index in [2.05, 4.69) is 11.9 Å². The van der Waals surface area contributed by atoms with Crippen LogP contribution < -0.4 is 5.32 Å². The number of carbonyl (C=O) groups is 1. The Balaban J connectivity index is 2.59. The molecule has 64 valence electrons. The lowest BCUT2D eigenvalue weighted by Crippen LogP contribution is -2.21. The van der Waals surface area contributed by atoms with Gasteiger partial charge in [0.2, 0.25) is 0 Å². The second-order valence-electron chi connectivity index (χ2n) is 2.49. The highest BCUT2D eigenvalue weighted by Crippen LogP contribution is 2.12. The SMILES string of the molecule is C=CCNC(=O)c1cc(C)cs1. The first-order valence-electron chi connectivity index (χ1n) is 3.68. The molecule has 0 aliphatic carbocycles. The van der Waals surface area contributed by atoms with Gasteiger partial charge in [0.25, 0.3) is 5.91 Å². The molecule has 0 saturated heterocycles. The Morgan fingerprint density at radius 3 is 3.08 bits per heavy atom. The van der Waals surface area contributed by atoms with Gasteiger partial charge in [-0.25, -0.2) is 0 Å². The van der Waals surface area contributed by atoms with Crippen LogP contribution in [0.1, 0.15) is 15.2 Å². The molecule has 0 radical (unpaired) electrons. The van der Waals surface area contributed by atoms with Gasteiger partial charge in [0.15, 0.2) is 0 Å². The van der Waals surface area contributed by atoms with Crippen molar-refractivity contribution < 1.29 is 4.79 Å². The zero-order chi connectivity index (χ0) is 8.97. The van der Waals surface area contributed by atoms with Gasteiger partial charge in [0.05, 0.1) is 4.88 Å². The fourth-order valence-electron chi connectivity index (χ4n) is 0.802. The average Bonchev–Trinajstić information content (AvgIpc) is 2.47. The summed E-state index contributed by atoms with van der Waals surface area (Å²) in [5, 5.41) is 4.68. The summed E-state index contributed by atoms with van der Waals surface area (Å²) in [5.74, 6) is -0.0204. The van der Waals surface area contributed by atoms with Gasteiger partial charge in [-0.15, -0.1) is 17.9 Å². The maximum atomic E-state index is 11.3. The standard InChI is InChI=1S/C9H11NOS/c1-3-4-10-9(11)8-5-7(2)6-12-8/h3,5-6H,1,4H2,2H3,(H,10,11). The van der Waals surface area contributed by atoms with E-state index in [1.54, 1.807) is 6.08 Å². The van der Waals surface area contributed by atoms with Crippen LogP contribution in [0, 0.1) is 6.92 Å². The molecule has 2 nitrogen and oxygen atoms in total. The summed E-state index contributed by atoms with van der Waals surface area (Å²) in [6.45, 7) is 6.02. The molecule has 0 unspecified atom stereocenters. The molecule has 12 heavy (non-hydrogen) atoms. The molecule has 0 bridgehead atoms. The second-order valence-corrected chi connectivity index (χ2v) is 3.40. The molecule has 1 heterocycles. The van der Waals surface area contributed by atoms with E-state index in [0.29, 0.717) is 6.54 Å². The van der Waals surface area contributed by atoms with Crippen LogP contribution in [0.5, 0.6) is 0 Å². The maximum absolute atomic E-state index is 11.3. The minimum atomic E-state index is -0.0204. The summed E-state index contributed by atoms with van der Waals surface area (Å²) < 4.78 is 0. The molecule has 0 spiro atoms. The van der Waals surface area contributed by atoms with E-state index in [9.17, 15) is 4.79 Å². The molecule has 1 rings (SSSR count). The van der Waals surface area contributed by atoms with Gasteiger partial charge in [-0.2, -0.15) is 0 Å². The third-order valence-electron chi connectivity index (χ3n) is 1.36. The van der Waals surface area contributed by atoms with Crippen LogP contribution in [0.25, 0.3) is 0 Å². The molecule has 1 aromatic heterocycles. The molecule has 3 heteroatoms. The monoisotopic (exact) mass is 181 g/mol. The van der Waals surface area contributed by atoms with E-state index < -0.39 is 0 Å². The normalized spacial score (nSPS) is 9.42. The minimum absolute atomic E-state index is 0.0204. The smallest absolute Gasteiger partial charge is 0.261 e. The molecule has 0 aromatic carbocycles. The number of hydrogen-bond acceptors (Lipinski definition) is 2. The first-order chi connectivity index (χ1) is 5.74. The lowest BCUT2D eigenvalue weighted by Gasteiger charge is -1.96. The molecule has 1 aromatic rings. The van der Waals surface area contributed by atoms with Crippen LogP contribution in [0.2, 0.25) is 0 Å². The zero-order valence-corrected chi connectivity index (χ0v) is 7.78. The third kappa shape index (κ3) is 2.20. The molecule has 0 aliphatic heterocycles. The van der Waals surface area contributed by atoms with Crippen LogP contribution in [-0.2, 0) is 0 Å². The van der Waals surface area contributed by atoms with E-state index in [-0.39, 0.29) is 5.91 Å². The highest BCUT2D eigenvalue weighted by Gasteiger charge is 2.05. The Hall–Kier alpha value is -1.09. The fourth-order valence-corrected chi connectivity index (χ4v) is 1.62. The van der Waals surface area contributed by atoms with E-state index in [0.717, 1.165) is 10.4 Å². The minimum Gasteiger partial charge on any atom is -0.348 e. The van der Waals surface area contributed by atoms with Crippen molar-refractivity contribution in [3.63, 3.8) is 0 Å². The van der Waals surface area contributed by atoms with Crippen molar-refractivity contribution in [1.82, 2.24) is 5.32 Å². The first kappa shape index (κ1) is 9.00. The molecular formula is C9H11NOS. The topological polar surface area (TPSA) is 29.1 Å². The lowest BCUT2D eigenvalue weighted by molar-refractivity contribution is 0.0962. The Kier molecular flexibility index (Phi) is 3.05. The predicted molar refractivity (Wildman–Crippen MR) is 51.6 cm³/mol. The predicted octanol–water partition coefficient (Wildman–Crippen LogP) is 1.97. The van der Waals surface area contributed by atoms with Crippen molar-refractivity contribution in [2.24, 2.45) is 0 Å². The van der Waals surface area contributed by atoms with Crippen molar-refractivity contribution in [3.8, 4) is 0 Å². The van der Waals surface area contributed by atoms with Crippen LogP contribution >= 0.6 is 11.3 Å². The Morgan fingerprint density at radius 2 is 2.58 bits per heavy atom. The molecule has 0 saturated carbocycles. The average molecular weight is 181 g/mol. The van der Waals surface area contributed by atoms with Crippen LogP contribution in [0.3, 0.4) is 0 Å². The van der Waals surface area contributed by atoms with Gasteiger partial charge < -0.3 is 5.32 Å². The third-order valence-corrected chi connectivity index (χ3v) is 2.41. The number of aryl methyl sites for hydroxylation is 1. The van der Waals surface area contributed by atoms with Crippen molar-refractivity contribution >= 4 is 17.2 Å². The zero-order valence-electron chi connectivity index (χ0n) is 6.96. The van der Waals surface area contributed by atoms with Gasteiger partial charge in [0, 0.05) is 6.54 Å². The summed E-state index contributed by atoms with van der Waals surface area (Å²) in [6.07, 6.45) is 1.67. The van der Waals surface area contributed by atoms with Gasteiger partial charge in [-0.1, -0.05) is 6.08 Å². The summed E-state index contributed by atoms with van der Waals surface area (Å²) in [5.41, 5.74) is 1.13. The molecular weight excluding hydrogens is 170 g/mol. The number of carbonyl (C=O) groups excluding carboxylic acids is 1. The van der Waals surface area contributed by atoms with Crippen LogP contribution in [-0.4, -0.2) is 12.5 Å². The highest BCUT2D eigenvalue weighted by molar-refractivity contribution is 7.12. The lowest BCUT2D eigenvalue weighted by atomic mass is 10.3. The van der Waals surface area contributed by atoms with Crippen molar-refractivity contribution in [1.29, 1.82) is 0 Å². The van der Waals surface area contributed by atoms with Crippen molar-refractivity contribution in [3.05, 3.63) is 34.5 Å². The maximum Gasteiger partial charge on any atom is 0.261 e. The summed E-state index contributed by atoms with van der Waals surface area (Å²) in [7, 11) is 0. The number of thiophene rings is 1. The van der Waals surface area contributed by atoms with Crippen molar-refractivity contribution in [2.45, 2.75) is 6.92 Å². The Labute approximate surface area is 75.9 Å². The van der Waals surface area contributed by atoms with Gasteiger partial charge in [-0.05, 0) is 23.9 Å². The molecule has 0 atom stereocenters. The van der Waals surface area contributed by atoms with Gasteiger partial charge in [0.1, 0.15) is 0 Å². The Bertz CT molecular complexity index is 290. The molecule has 1 amide bonds. The van der Waals surface area contributed by atoms with Crippen LogP contribution in [0.15, 0.2) is 24.1 Å². The van der Waals surface area contributed by atoms with Gasteiger partial charge >= 0.3 is 0 Å². The quantitative estimate of drug-likeness (QED) is 0.710. The first-order valence-corrected chi connectivity index (χ1v) is 4.56. The number of nitrogens with one attached hydrogen (secondary N) is 1. The number of rotatable bonds is 3. The summed E-state index contributed by atoms with van der Waals surface area (Å²) >= 11 is 1.46. The van der Waals surface area contributed by atoms with Gasteiger partial charge in [-0.3, -0.25) is 4.79 Å². The molecule has 1 N–H and O–H groups in total. The number of amides is 1. The fraction of sp³-hybridized carbons (Fsp3) is 0.222. The largest absolute Gasteiger partial charge is 0.348 e. The Morgan fingerprint density at radius 1 is 1.83 bits per heavy atom. The number of hydrogen-bond donors (Lipinski definition) is 1. The summed E-state index contributed by atoms with van der Waals surface area (Å²) in [4.78, 5) is 12.0. The van der Waals surface area contributed by atoms with E-state index in [1.165, 1.54) is 11.3 Å². The van der Waals surface area contributed by atoms with E-state index >= 15 is 0 Å². The summed E-state index contributed by atoms with van der Waals surface area (Å²) in [6, 6.07) is 1.88.